The molecule has 2 aliphatic heterocycles. The van der Waals surface area contributed by atoms with Crippen LogP contribution >= 0.6 is 24.0 Å². The topological polar surface area (TPSA) is 71.1 Å². The van der Waals surface area contributed by atoms with Gasteiger partial charge in [-0.25, -0.2) is 0 Å². The first-order chi connectivity index (χ1) is 15.1. The average Bonchev–Trinajstić information content (AvgIpc) is 3.05. The lowest BCUT2D eigenvalue weighted by Crippen LogP contribution is -2.38. The van der Waals surface area contributed by atoms with Gasteiger partial charge in [-0.3, -0.25) is 19.4 Å². The van der Waals surface area contributed by atoms with Crippen LogP contribution in [-0.4, -0.2) is 79.0 Å². The molecule has 7 nitrogen and oxygen atoms in total. The Kier molecular flexibility index (Phi) is 9.32. The number of morpholine rings is 1. The number of hydrogen-bond acceptors (Lipinski definition) is 7. The van der Waals surface area contributed by atoms with E-state index in [2.05, 4.69) is 10.2 Å². The van der Waals surface area contributed by atoms with Gasteiger partial charge in [-0.2, -0.15) is 0 Å². The monoisotopic (exact) mass is 463 g/mol. The summed E-state index contributed by atoms with van der Waals surface area (Å²) in [5, 5.41) is 2.96. The van der Waals surface area contributed by atoms with Gasteiger partial charge in [-0.1, -0.05) is 36.1 Å². The smallest absolute Gasteiger partial charge is 0.266 e. The molecule has 0 aromatic heterocycles. The van der Waals surface area contributed by atoms with E-state index < -0.39 is 0 Å². The first-order valence-corrected chi connectivity index (χ1v) is 11.8. The highest BCUT2D eigenvalue weighted by Gasteiger charge is 2.31. The van der Waals surface area contributed by atoms with Crippen molar-refractivity contribution in [3.63, 3.8) is 0 Å². The number of ether oxygens (including phenoxy) is 2. The summed E-state index contributed by atoms with van der Waals surface area (Å²) in [7, 11) is 1.61. The number of thiocarbonyl (C=S) groups is 1. The summed E-state index contributed by atoms with van der Waals surface area (Å²) in [6.07, 6.45) is 3.70. The summed E-state index contributed by atoms with van der Waals surface area (Å²) in [5.41, 5.74) is 0.885. The molecule has 0 spiro atoms. The Labute approximate surface area is 193 Å². The SMILES string of the molecule is COc1cccc(C=C2SC(=S)N(CCCC(=O)NCCCN3CCOCC3)C2=O)c1. The highest BCUT2D eigenvalue weighted by atomic mass is 32.2. The van der Waals surface area contributed by atoms with Crippen LogP contribution in [0.4, 0.5) is 0 Å². The summed E-state index contributed by atoms with van der Waals surface area (Å²) >= 11 is 6.67. The average molecular weight is 464 g/mol. The van der Waals surface area contributed by atoms with Crippen molar-refractivity contribution >= 4 is 46.2 Å². The number of benzene rings is 1. The van der Waals surface area contributed by atoms with Gasteiger partial charge < -0.3 is 14.8 Å². The third-order valence-electron chi connectivity index (χ3n) is 5.13. The minimum Gasteiger partial charge on any atom is -0.497 e. The number of nitrogens with zero attached hydrogens (tertiary/aromatic N) is 2. The molecule has 2 heterocycles. The van der Waals surface area contributed by atoms with Crippen molar-refractivity contribution in [1.82, 2.24) is 15.1 Å². The van der Waals surface area contributed by atoms with Gasteiger partial charge in [0, 0.05) is 32.6 Å². The van der Waals surface area contributed by atoms with Crippen LogP contribution in [0.1, 0.15) is 24.8 Å². The molecule has 0 aliphatic carbocycles. The van der Waals surface area contributed by atoms with Crippen molar-refractivity contribution in [3.05, 3.63) is 34.7 Å². The molecule has 0 bridgehead atoms. The minimum absolute atomic E-state index is 0.0133. The lowest BCUT2D eigenvalue weighted by molar-refractivity contribution is -0.124. The molecule has 2 aliphatic rings. The molecule has 168 valence electrons. The quantitative estimate of drug-likeness (QED) is 0.325. The van der Waals surface area contributed by atoms with E-state index in [1.54, 1.807) is 12.0 Å². The Morgan fingerprint density at radius 2 is 2.10 bits per heavy atom. The largest absolute Gasteiger partial charge is 0.497 e. The van der Waals surface area contributed by atoms with Crippen molar-refractivity contribution in [2.75, 3.05) is 53.0 Å². The molecule has 2 fully saturated rings. The number of hydrogen-bond donors (Lipinski definition) is 1. The fraction of sp³-hybridized carbons (Fsp3) is 0.500. The molecule has 1 aromatic carbocycles. The number of amides is 2. The van der Waals surface area contributed by atoms with Crippen LogP contribution in [0.2, 0.25) is 0 Å². The van der Waals surface area contributed by atoms with Crippen LogP contribution in [0, 0.1) is 0 Å². The second-order valence-electron chi connectivity index (χ2n) is 7.37. The zero-order valence-corrected chi connectivity index (χ0v) is 19.4. The minimum atomic E-state index is -0.108. The molecule has 2 amide bonds. The Morgan fingerprint density at radius 3 is 2.87 bits per heavy atom. The number of carbonyl (C=O) groups is 2. The summed E-state index contributed by atoms with van der Waals surface area (Å²) in [6.45, 7) is 5.59. The lowest BCUT2D eigenvalue weighted by atomic mass is 10.2. The molecule has 0 unspecified atom stereocenters. The molecule has 0 atom stereocenters. The van der Waals surface area contributed by atoms with Crippen LogP contribution in [-0.2, 0) is 14.3 Å². The molecule has 2 saturated heterocycles. The Morgan fingerprint density at radius 1 is 1.29 bits per heavy atom. The molecular weight excluding hydrogens is 434 g/mol. The maximum absolute atomic E-state index is 12.7. The van der Waals surface area contributed by atoms with E-state index in [1.807, 2.05) is 30.3 Å². The normalized spacial score (nSPS) is 18.6. The van der Waals surface area contributed by atoms with E-state index in [0.717, 1.165) is 50.6 Å². The second kappa shape index (κ2) is 12.2. The van der Waals surface area contributed by atoms with Crippen LogP contribution in [0.15, 0.2) is 29.2 Å². The standard InChI is InChI=1S/C22H29N3O4S2/c1-28-18-6-2-5-17(15-18)16-19-21(27)25(22(30)31-19)10-3-7-20(26)23-8-4-9-24-11-13-29-14-12-24/h2,5-6,15-16H,3-4,7-14H2,1H3,(H,23,26). The molecule has 0 radical (unpaired) electrons. The third-order valence-corrected chi connectivity index (χ3v) is 6.51. The molecule has 1 N–H and O–H groups in total. The van der Waals surface area contributed by atoms with E-state index in [9.17, 15) is 9.59 Å². The predicted octanol–water partition coefficient (Wildman–Crippen LogP) is 2.52. The first-order valence-electron chi connectivity index (χ1n) is 10.5. The van der Waals surface area contributed by atoms with E-state index >= 15 is 0 Å². The van der Waals surface area contributed by atoms with Gasteiger partial charge in [0.1, 0.15) is 10.1 Å². The highest BCUT2D eigenvalue weighted by Crippen LogP contribution is 2.33. The fourth-order valence-electron chi connectivity index (χ4n) is 3.42. The summed E-state index contributed by atoms with van der Waals surface area (Å²) in [5.74, 6) is 0.642. The fourth-order valence-corrected chi connectivity index (χ4v) is 4.73. The van der Waals surface area contributed by atoms with Crippen LogP contribution in [0.25, 0.3) is 6.08 Å². The molecule has 1 aromatic rings. The molecule has 31 heavy (non-hydrogen) atoms. The van der Waals surface area contributed by atoms with Crippen LogP contribution in [0.5, 0.6) is 5.75 Å². The molecule has 0 saturated carbocycles. The predicted molar refractivity (Wildman–Crippen MR) is 127 cm³/mol. The van der Waals surface area contributed by atoms with E-state index in [0.29, 0.717) is 35.2 Å². The Bertz CT molecular complexity index is 825. The van der Waals surface area contributed by atoms with Crippen molar-refractivity contribution in [2.24, 2.45) is 0 Å². The summed E-state index contributed by atoms with van der Waals surface area (Å²) in [6, 6.07) is 7.52. The number of thioether (sulfide) groups is 1. The van der Waals surface area contributed by atoms with E-state index in [4.69, 9.17) is 21.7 Å². The molecule has 3 rings (SSSR count). The molecule has 9 heteroatoms. The summed E-state index contributed by atoms with van der Waals surface area (Å²) < 4.78 is 11.1. The first kappa shape index (κ1) is 23.7. The second-order valence-corrected chi connectivity index (χ2v) is 9.05. The maximum Gasteiger partial charge on any atom is 0.266 e. The Hall–Kier alpha value is -1.94. The van der Waals surface area contributed by atoms with Crippen molar-refractivity contribution < 1.29 is 19.1 Å². The number of methoxy groups -OCH3 is 1. The third kappa shape index (κ3) is 7.31. The molecular formula is C22H29N3O4S2. The Balaban J connectivity index is 1.37. The van der Waals surface area contributed by atoms with Gasteiger partial charge in [0.05, 0.1) is 25.2 Å². The van der Waals surface area contributed by atoms with Gasteiger partial charge >= 0.3 is 0 Å². The van der Waals surface area contributed by atoms with E-state index in [-0.39, 0.29) is 11.8 Å². The van der Waals surface area contributed by atoms with E-state index in [1.165, 1.54) is 11.8 Å². The van der Waals surface area contributed by atoms with Crippen LogP contribution in [0.3, 0.4) is 0 Å². The van der Waals surface area contributed by atoms with Crippen molar-refractivity contribution in [2.45, 2.75) is 19.3 Å². The summed E-state index contributed by atoms with van der Waals surface area (Å²) in [4.78, 5) is 29.3. The van der Waals surface area contributed by atoms with Crippen molar-refractivity contribution in [1.29, 1.82) is 0 Å². The van der Waals surface area contributed by atoms with Gasteiger partial charge in [0.2, 0.25) is 5.91 Å². The number of carbonyl (C=O) groups excluding carboxylic acids is 2. The zero-order valence-electron chi connectivity index (χ0n) is 17.8. The van der Waals surface area contributed by atoms with Gasteiger partial charge in [-0.05, 0) is 43.2 Å². The number of rotatable bonds is 10. The number of nitrogens with one attached hydrogen (secondary N) is 1. The van der Waals surface area contributed by atoms with Crippen molar-refractivity contribution in [3.8, 4) is 5.75 Å². The van der Waals surface area contributed by atoms with Crippen LogP contribution < -0.4 is 10.1 Å². The maximum atomic E-state index is 12.7. The van der Waals surface area contributed by atoms with Gasteiger partial charge in [0.25, 0.3) is 5.91 Å². The zero-order chi connectivity index (χ0) is 22.1. The van der Waals surface area contributed by atoms with Gasteiger partial charge in [-0.15, -0.1) is 0 Å². The van der Waals surface area contributed by atoms with Gasteiger partial charge in [0.15, 0.2) is 0 Å². The lowest BCUT2D eigenvalue weighted by Gasteiger charge is -2.26. The highest BCUT2D eigenvalue weighted by molar-refractivity contribution is 8.26.